The fourth-order valence-electron chi connectivity index (χ4n) is 1.59. The van der Waals surface area contributed by atoms with Gasteiger partial charge < -0.3 is 5.11 Å². The van der Waals surface area contributed by atoms with Gasteiger partial charge in [0, 0.05) is 12.5 Å². The minimum atomic E-state index is -1.14. The van der Waals surface area contributed by atoms with E-state index in [9.17, 15) is 4.79 Å². The third-order valence-corrected chi connectivity index (χ3v) is 2.41. The molecule has 2 aromatic heterocycles. The second kappa shape index (κ2) is 3.94. The lowest BCUT2D eigenvalue weighted by Crippen LogP contribution is -2.18. The molecule has 0 amide bonds. The van der Waals surface area contributed by atoms with E-state index in [4.69, 9.17) is 5.11 Å². The molecule has 0 bridgehead atoms. The molecule has 0 aliphatic carbocycles. The van der Waals surface area contributed by atoms with Crippen LogP contribution in [0.5, 0.6) is 0 Å². The van der Waals surface area contributed by atoms with Crippen molar-refractivity contribution in [1.82, 2.24) is 24.5 Å². The van der Waals surface area contributed by atoms with Crippen LogP contribution in [-0.4, -0.2) is 35.6 Å². The van der Waals surface area contributed by atoms with E-state index >= 15 is 0 Å². The van der Waals surface area contributed by atoms with E-state index in [1.807, 2.05) is 20.8 Å². The summed E-state index contributed by atoms with van der Waals surface area (Å²) in [6.07, 6.45) is 3.38. The molecule has 0 aromatic carbocycles. The fraction of sp³-hybridized carbons (Fsp3) is 0.455. The van der Waals surface area contributed by atoms with Crippen LogP contribution in [0.3, 0.4) is 0 Å². The third-order valence-electron chi connectivity index (χ3n) is 2.41. The van der Waals surface area contributed by atoms with Crippen molar-refractivity contribution in [3.05, 3.63) is 24.0 Å². The first-order valence-corrected chi connectivity index (χ1v) is 5.49. The molecular formula is C11H15N5O2. The molecule has 0 saturated carbocycles. The van der Waals surface area contributed by atoms with Gasteiger partial charge in [0.25, 0.3) is 5.82 Å². The van der Waals surface area contributed by atoms with E-state index in [1.54, 1.807) is 24.1 Å². The highest BCUT2D eigenvalue weighted by atomic mass is 16.4. The van der Waals surface area contributed by atoms with Gasteiger partial charge in [0.2, 0.25) is 0 Å². The summed E-state index contributed by atoms with van der Waals surface area (Å²) in [4.78, 5) is 15.1. The summed E-state index contributed by atoms with van der Waals surface area (Å²) in [7, 11) is 1.79. The van der Waals surface area contributed by atoms with Gasteiger partial charge in [-0.15, -0.1) is 5.10 Å². The largest absolute Gasteiger partial charge is 0.475 e. The number of aryl methyl sites for hydroxylation is 1. The van der Waals surface area contributed by atoms with Gasteiger partial charge in [-0.3, -0.25) is 4.68 Å². The highest BCUT2D eigenvalue weighted by Gasteiger charge is 2.26. The van der Waals surface area contributed by atoms with Crippen molar-refractivity contribution in [2.45, 2.75) is 26.2 Å². The van der Waals surface area contributed by atoms with Crippen LogP contribution in [-0.2, 0) is 12.5 Å². The molecule has 18 heavy (non-hydrogen) atoms. The molecule has 7 nitrogen and oxygen atoms in total. The second-order valence-corrected chi connectivity index (χ2v) is 5.10. The quantitative estimate of drug-likeness (QED) is 0.858. The zero-order valence-corrected chi connectivity index (χ0v) is 10.7. The molecule has 0 unspecified atom stereocenters. The summed E-state index contributed by atoms with van der Waals surface area (Å²) in [6.45, 7) is 5.86. The Balaban J connectivity index is 2.61. The standard InChI is InChI=1S/C11H15N5O2/c1-11(2,3)10-13-8(9(17)18)14-16(10)7-5-12-15(4)6-7/h5-6H,1-4H3,(H,17,18). The molecule has 0 spiro atoms. The zero-order chi connectivity index (χ0) is 13.5. The number of carbonyl (C=O) groups is 1. The van der Waals surface area contributed by atoms with E-state index in [-0.39, 0.29) is 11.2 Å². The summed E-state index contributed by atoms with van der Waals surface area (Å²) in [5, 5.41) is 17.0. The molecule has 0 atom stereocenters. The molecule has 0 radical (unpaired) electrons. The Labute approximate surface area is 104 Å². The fourth-order valence-corrected chi connectivity index (χ4v) is 1.59. The van der Waals surface area contributed by atoms with Crippen LogP contribution < -0.4 is 0 Å². The number of aromatic carboxylic acids is 1. The van der Waals surface area contributed by atoms with E-state index < -0.39 is 5.97 Å². The van der Waals surface area contributed by atoms with Crippen LogP contribution in [0.2, 0.25) is 0 Å². The zero-order valence-electron chi connectivity index (χ0n) is 10.7. The van der Waals surface area contributed by atoms with Crippen LogP contribution in [0.4, 0.5) is 0 Å². The van der Waals surface area contributed by atoms with Crippen LogP contribution in [0.15, 0.2) is 12.4 Å². The van der Waals surface area contributed by atoms with E-state index in [0.29, 0.717) is 11.5 Å². The Morgan fingerprint density at radius 3 is 2.50 bits per heavy atom. The van der Waals surface area contributed by atoms with E-state index in [0.717, 1.165) is 0 Å². The summed E-state index contributed by atoms with van der Waals surface area (Å²) in [5.41, 5.74) is 0.388. The Morgan fingerprint density at radius 1 is 1.39 bits per heavy atom. The predicted molar refractivity (Wildman–Crippen MR) is 63.8 cm³/mol. The van der Waals surface area contributed by atoms with Crippen molar-refractivity contribution >= 4 is 5.97 Å². The van der Waals surface area contributed by atoms with Gasteiger partial charge in [0.15, 0.2) is 0 Å². The monoisotopic (exact) mass is 249 g/mol. The molecule has 96 valence electrons. The highest BCUT2D eigenvalue weighted by molar-refractivity contribution is 5.83. The van der Waals surface area contributed by atoms with Gasteiger partial charge in [-0.05, 0) is 0 Å². The first-order chi connectivity index (χ1) is 8.29. The SMILES string of the molecule is Cn1cc(-n2nc(C(=O)O)nc2C(C)(C)C)cn1. The molecule has 0 aliphatic heterocycles. The summed E-state index contributed by atoms with van der Waals surface area (Å²) < 4.78 is 3.15. The molecule has 2 rings (SSSR count). The van der Waals surface area contributed by atoms with Crippen molar-refractivity contribution in [2.24, 2.45) is 7.05 Å². The minimum Gasteiger partial charge on any atom is -0.475 e. The Hall–Kier alpha value is -2.18. The average Bonchev–Trinajstić information content (AvgIpc) is 2.81. The van der Waals surface area contributed by atoms with Gasteiger partial charge in [-0.25, -0.2) is 14.5 Å². The third kappa shape index (κ3) is 2.11. The van der Waals surface area contributed by atoms with Gasteiger partial charge in [0.1, 0.15) is 11.5 Å². The first kappa shape index (κ1) is 12.3. The summed E-state index contributed by atoms with van der Waals surface area (Å²) in [5.74, 6) is -0.750. The molecule has 0 fully saturated rings. The van der Waals surface area contributed by atoms with Crippen LogP contribution in [0.25, 0.3) is 5.69 Å². The normalized spacial score (nSPS) is 11.8. The number of rotatable bonds is 2. The van der Waals surface area contributed by atoms with Crippen LogP contribution in [0, 0.1) is 0 Å². The molecule has 0 saturated heterocycles. The highest BCUT2D eigenvalue weighted by Crippen LogP contribution is 2.23. The number of carboxylic acids is 1. The molecule has 7 heteroatoms. The Kier molecular flexibility index (Phi) is 2.68. The number of carboxylic acid groups (broad SMARTS) is 1. The van der Waals surface area contributed by atoms with Gasteiger partial charge in [-0.1, -0.05) is 20.8 Å². The number of hydrogen-bond donors (Lipinski definition) is 1. The molecule has 2 heterocycles. The van der Waals surface area contributed by atoms with E-state index in [2.05, 4.69) is 15.2 Å². The maximum atomic E-state index is 11.0. The van der Waals surface area contributed by atoms with E-state index in [1.165, 1.54) is 4.68 Å². The van der Waals surface area contributed by atoms with Gasteiger partial charge in [0.05, 0.1) is 12.4 Å². The van der Waals surface area contributed by atoms with Crippen molar-refractivity contribution in [3.63, 3.8) is 0 Å². The van der Waals surface area contributed by atoms with Crippen molar-refractivity contribution in [3.8, 4) is 5.69 Å². The molecular weight excluding hydrogens is 234 g/mol. The lowest BCUT2D eigenvalue weighted by atomic mass is 9.96. The Morgan fingerprint density at radius 2 is 2.06 bits per heavy atom. The predicted octanol–water partition coefficient (Wildman–Crippen LogP) is 0.996. The lowest BCUT2D eigenvalue weighted by molar-refractivity contribution is 0.0683. The summed E-state index contributed by atoms with van der Waals surface area (Å²) >= 11 is 0. The number of hydrogen-bond acceptors (Lipinski definition) is 4. The topological polar surface area (TPSA) is 85.8 Å². The maximum absolute atomic E-state index is 11.0. The summed E-state index contributed by atoms with van der Waals surface area (Å²) in [6, 6.07) is 0. The smallest absolute Gasteiger partial charge is 0.375 e. The van der Waals surface area contributed by atoms with Crippen molar-refractivity contribution in [1.29, 1.82) is 0 Å². The van der Waals surface area contributed by atoms with Gasteiger partial charge >= 0.3 is 5.97 Å². The lowest BCUT2D eigenvalue weighted by Gasteiger charge is -2.17. The van der Waals surface area contributed by atoms with Crippen molar-refractivity contribution < 1.29 is 9.90 Å². The number of nitrogens with zero attached hydrogens (tertiary/aromatic N) is 5. The Bertz CT molecular complexity index is 591. The molecule has 1 N–H and O–H groups in total. The molecule has 2 aromatic rings. The molecule has 0 aliphatic rings. The number of aromatic nitrogens is 5. The average molecular weight is 249 g/mol. The van der Waals surface area contributed by atoms with Crippen LogP contribution >= 0.6 is 0 Å². The van der Waals surface area contributed by atoms with Crippen molar-refractivity contribution in [2.75, 3.05) is 0 Å². The van der Waals surface area contributed by atoms with Gasteiger partial charge in [-0.2, -0.15) is 5.10 Å². The maximum Gasteiger partial charge on any atom is 0.375 e. The second-order valence-electron chi connectivity index (χ2n) is 5.10. The minimum absolute atomic E-state index is 0.205. The first-order valence-electron chi connectivity index (χ1n) is 5.49. The van der Waals surface area contributed by atoms with Crippen LogP contribution in [0.1, 0.15) is 37.2 Å².